The maximum absolute atomic E-state index is 5.99. The van der Waals surface area contributed by atoms with Gasteiger partial charge in [0.25, 0.3) is 0 Å². The number of hydrogen-bond donors (Lipinski definition) is 2. The van der Waals surface area contributed by atoms with Gasteiger partial charge in [-0.3, -0.25) is 4.99 Å². The Kier molecular flexibility index (Phi) is 7.33. The highest BCUT2D eigenvalue weighted by atomic mass is 16.5. The van der Waals surface area contributed by atoms with E-state index in [1.165, 1.54) is 11.1 Å². The second kappa shape index (κ2) is 9.70. The van der Waals surface area contributed by atoms with Crippen LogP contribution in [0, 0.1) is 13.8 Å². The summed E-state index contributed by atoms with van der Waals surface area (Å²) in [6, 6.07) is 12.1. The summed E-state index contributed by atoms with van der Waals surface area (Å²) >= 11 is 0. The van der Waals surface area contributed by atoms with E-state index in [1.807, 2.05) is 38.1 Å². The van der Waals surface area contributed by atoms with E-state index in [1.54, 1.807) is 0 Å². The zero-order chi connectivity index (χ0) is 18.9. The number of hydrogen-bond acceptors (Lipinski definition) is 3. The summed E-state index contributed by atoms with van der Waals surface area (Å²) in [6.45, 7) is 9.91. The third-order valence-corrected chi connectivity index (χ3v) is 4.07. The molecule has 2 aromatic rings. The van der Waals surface area contributed by atoms with Crippen LogP contribution in [0.1, 0.15) is 30.5 Å². The molecule has 0 saturated carbocycles. The topological polar surface area (TPSA) is 68.9 Å². The number of nitrogens with two attached hydrogens (primary N) is 1. The summed E-state index contributed by atoms with van der Waals surface area (Å²) in [7, 11) is 0. The van der Waals surface area contributed by atoms with Gasteiger partial charge in [0.15, 0.2) is 17.5 Å². The summed E-state index contributed by atoms with van der Waals surface area (Å²) in [5.74, 6) is 1.97. The number of anilines is 1. The Hall–Kier alpha value is -2.69. The van der Waals surface area contributed by atoms with Gasteiger partial charge in [-0.1, -0.05) is 12.1 Å². The summed E-state index contributed by atoms with van der Waals surface area (Å²) in [6.07, 6.45) is 0.780. The Morgan fingerprint density at radius 3 is 2.38 bits per heavy atom. The van der Waals surface area contributed by atoms with E-state index >= 15 is 0 Å². The highest BCUT2D eigenvalue weighted by Crippen LogP contribution is 2.28. The molecule has 5 heteroatoms. The van der Waals surface area contributed by atoms with Crippen molar-refractivity contribution in [2.45, 2.75) is 34.1 Å². The van der Waals surface area contributed by atoms with Gasteiger partial charge in [-0.05, 0) is 75.1 Å². The maximum atomic E-state index is 5.99. The van der Waals surface area contributed by atoms with Gasteiger partial charge in [0.05, 0.1) is 13.2 Å². The third kappa shape index (κ3) is 5.69. The minimum absolute atomic E-state index is 0.421. The first-order valence-electron chi connectivity index (χ1n) is 9.06. The second-order valence-electron chi connectivity index (χ2n) is 6.09. The Balaban J connectivity index is 1.95. The van der Waals surface area contributed by atoms with Crippen molar-refractivity contribution in [3.8, 4) is 11.5 Å². The standard InChI is InChI=1S/C21H29N3O2/c1-5-25-19-10-8-17(14-20(19)26-6-2)11-12-23-21(22)24-18-9-7-15(3)16(4)13-18/h7-10,13-14H,5-6,11-12H2,1-4H3,(H3,22,23,24). The molecule has 0 spiro atoms. The zero-order valence-electron chi connectivity index (χ0n) is 16.1. The monoisotopic (exact) mass is 355 g/mol. The third-order valence-electron chi connectivity index (χ3n) is 4.07. The molecule has 2 aromatic carbocycles. The van der Waals surface area contributed by atoms with Gasteiger partial charge in [-0.25, -0.2) is 0 Å². The minimum atomic E-state index is 0.421. The first-order chi connectivity index (χ1) is 12.5. The van der Waals surface area contributed by atoms with Gasteiger partial charge in [-0.15, -0.1) is 0 Å². The molecule has 0 amide bonds. The van der Waals surface area contributed by atoms with Crippen molar-refractivity contribution in [2.75, 3.05) is 25.1 Å². The van der Waals surface area contributed by atoms with E-state index in [0.29, 0.717) is 25.7 Å². The fraction of sp³-hybridized carbons (Fsp3) is 0.381. The normalized spacial score (nSPS) is 11.3. The van der Waals surface area contributed by atoms with Gasteiger partial charge < -0.3 is 20.5 Å². The Morgan fingerprint density at radius 1 is 0.962 bits per heavy atom. The maximum Gasteiger partial charge on any atom is 0.193 e. The quantitative estimate of drug-likeness (QED) is 0.553. The van der Waals surface area contributed by atoms with Crippen molar-refractivity contribution in [1.82, 2.24) is 0 Å². The smallest absolute Gasteiger partial charge is 0.193 e. The van der Waals surface area contributed by atoms with E-state index in [9.17, 15) is 0 Å². The van der Waals surface area contributed by atoms with Crippen molar-refractivity contribution in [1.29, 1.82) is 0 Å². The molecule has 0 aliphatic carbocycles. The number of benzene rings is 2. The van der Waals surface area contributed by atoms with Crippen molar-refractivity contribution in [2.24, 2.45) is 10.7 Å². The molecule has 0 aliphatic rings. The summed E-state index contributed by atoms with van der Waals surface area (Å²) < 4.78 is 11.2. The van der Waals surface area contributed by atoms with Crippen LogP contribution in [0.3, 0.4) is 0 Å². The lowest BCUT2D eigenvalue weighted by atomic mass is 10.1. The predicted molar refractivity (Wildman–Crippen MR) is 109 cm³/mol. The minimum Gasteiger partial charge on any atom is -0.490 e. The Labute approximate surface area is 156 Å². The lowest BCUT2D eigenvalue weighted by Gasteiger charge is -2.12. The van der Waals surface area contributed by atoms with Crippen molar-refractivity contribution in [3.05, 3.63) is 53.1 Å². The van der Waals surface area contributed by atoms with Crippen molar-refractivity contribution < 1.29 is 9.47 Å². The van der Waals surface area contributed by atoms with Crippen LogP contribution in [0.4, 0.5) is 5.69 Å². The van der Waals surface area contributed by atoms with Crippen LogP contribution < -0.4 is 20.5 Å². The van der Waals surface area contributed by atoms with Crippen LogP contribution in [-0.4, -0.2) is 25.7 Å². The summed E-state index contributed by atoms with van der Waals surface area (Å²) in [5, 5.41) is 3.14. The van der Waals surface area contributed by atoms with Crippen LogP contribution in [0.25, 0.3) is 0 Å². The number of nitrogens with one attached hydrogen (secondary N) is 1. The molecule has 0 radical (unpaired) electrons. The molecule has 0 fully saturated rings. The molecule has 0 aliphatic heterocycles. The molecule has 5 nitrogen and oxygen atoms in total. The van der Waals surface area contributed by atoms with E-state index in [4.69, 9.17) is 15.2 Å². The SMILES string of the molecule is CCOc1ccc(CCN=C(N)Nc2ccc(C)c(C)c2)cc1OCC. The molecule has 3 N–H and O–H groups in total. The van der Waals surface area contributed by atoms with Gasteiger partial charge in [0, 0.05) is 12.2 Å². The molecule has 140 valence electrons. The van der Waals surface area contributed by atoms with E-state index in [2.05, 4.69) is 36.3 Å². The molecule has 0 heterocycles. The van der Waals surface area contributed by atoms with E-state index in [-0.39, 0.29) is 0 Å². The number of ether oxygens (including phenoxy) is 2. The Morgan fingerprint density at radius 2 is 1.69 bits per heavy atom. The lowest BCUT2D eigenvalue weighted by Crippen LogP contribution is -2.23. The molecule has 0 saturated heterocycles. The average molecular weight is 355 g/mol. The lowest BCUT2D eigenvalue weighted by molar-refractivity contribution is 0.287. The molecular formula is C21H29N3O2. The van der Waals surface area contributed by atoms with Gasteiger partial charge in [0.1, 0.15) is 0 Å². The summed E-state index contributed by atoms with van der Waals surface area (Å²) in [4.78, 5) is 4.41. The number of rotatable bonds is 8. The first kappa shape index (κ1) is 19.6. The van der Waals surface area contributed by atoms with Crippen LogP contribution in [0.2, 0.25) is 0 Å². The fourth-order valence-corrected chi connectivity index (χ4v) is 2.56. The molecule has 0 aromatic heterocycles. The van der Waals surface area contributed by atoms with Gasteiger partial charge in [-0.2, -0.15) is 0 Å². The molecule has 2 rings (SSSR count). The number of aliphatic imine (C=N–C) groups is 1. The predicted octanol–water partition coefficient (Wildman–Crippen LogP) is 4.07. The van der Waals surface area contributed by atoms with Crippen molar-refractivity contribution >= 4 is 11.6 Å². The zero-order valence-corrected chi connectivity index (χ0v) is 16.1. The van der Waals surface area contributed by atoms with Crippen molar-refractivity contribution in [3.63, 3.8) is 0 Å². The molecular weight excluding hydrogens is 326 g/mol. The molecule has 0 bridgehead atoms. The van der Waals surface area contributed by atoms with Gasteiger partial charge in [0.2, 0.25) is 0 Å². The molecule has 26 heavy (non-hydrogen) atoms. The first-order valence-corrected chi connectivity index (χ1v) is 9.06. The summed E-state index contributed by atoms with van der Waals surface area (Å²) in [5.41, 5.74) is 10.6. The van der Waals surface area contributed by atoms with Crippen LogP contribution >= 0.6 is 0 Å². The van der Waals surface area contributed by atoms with E-state index < -0.39 is 0 Å². The number of guanidine groups is 1. The van der Waals surface area contributed by atoms with Gasteiger partial charge >= 0.3 is 0 Å². The second-order valence-corrected chi connectivity index (χ2v) is 6.09. The average Bonchev–Trinajstić information content (AvgIpc) is 2.61. The number of aryl methyl sites for hydroxylation is 2. The largest absolute Gasteiger partial charge is 0.490 e. The fourth-order valence-electron chi connectivity index (χ4n) is 2.56. The van der Waals surface area contributed by atoms with Crippen LogP contribution in [-0.2, 0) is 6.42 Å². The van der Waals surface area contributed by atoms with Crippen LogP contribution in [0.5, 0.6) is 11.5 Å². The van der Waals surface area contributed by atoms with Crippen LogP contribution in [0.15, 0.2) is 41.4 Å². The highest BCUT2D eigenvalue weighted by Gasteiger charge is 2.06. The highest BCUT2D eigenvalue weighted by molar-refractivity contribution is 5.92. The van der Waals surface area contributed by atoms with E-state index in [0.717, 1.165) is 29.2 Å². The Bertz CT molecular complexity index is 757. The molecule has 0 atom stereocenters. The number of nitrogens with zero attached hydrogens (tertiary/aromatic N) is 1. The molecule has 0 unspecified atom stereocenters.